The van der Waals surface area contributed by atoms with Gasteiger partial charge in [-0.15, -0.1) is 0 Å². The van der Waals surface area contributed by atoms with Gasteiger partial charge in [0.05, 0.1) is 16.4 Å². The lowest BCUT2D eigenvalue weighted by Crippen LogP contribution is -1.96. The van der Waals surface area contributed by atoms with Gasteiger partial charge in [0.25, 0.3) is 0 Å². The molecule has 0 aliphatic heterocycles. The molecule has 0 fully saturated rings. The fourth-order valence-electron chi connectivity index (χ4n) is 5.26. The van der Waals surface area contributed by atoms with Crippen LogP contribution < -0.4 is 0 Å². The summed E-state index contributed by atoms with van der Waals surface area (Å²) in [4.78, 5) is 9.90. The van der Waals surface area contributed by atoms with Gasteiger partial charge in [0.2, 0.25) is 0 Å². The first-order valence-corrected chi connectivity index (χ1v) is 13.3. The van der Waals surface area contributed by atoms with Crippen LogP contribution in [-0.4, -0.2) is 9.97 Å². The lowest BCUT2D eigenvalue weighted by atomic mass is 9.91. The van der Waals surface area contributed by atoms with Crippen LogP contribution in [-0.2, 0) is 0 Å². The third-order valence-corrected chi connectivity index (χ3v) is 7.57. The Morgan fingerprint density at radius 3 is 1.33 bits per heavy atom. The van der Waals surface area contributed by atoms with Crippen molar-refractivity contribution >= 4 is 33.1 Å². The van der Waals surface area contributed by atoms with Crippen molar-refractivity contribution in [2.24, 2.45) is 0 Å². The highest BCUT2D eigenvalue weighted by Crippen LogP contribution is 2.41. The normalized spacial score (nSPS) is 11.2. The number of rotatable bonds is 4. The monoisotopic (exact) mass is 518 g/mol. The number of aromatic nitrogens is 2. The third-order valence-electron chi connectivity index (χ3n) is 7.16. The first kappa shape index (κ1) is 23.3. The maximum atomic E-state index is 6.86. The zero-order valence-corrected chi connectivity index (χ0v) is 21.8. The van der Waals surface area contributed by atoms with E-state index in [4.69, 9.17) is 21.6 Å². The van der Waals surface area contributed by atoms with Gasteiger partial charge in [-0.1, -0.05) is 145 Å². The Kier molecular flexibility index (Phi) is 5.88. The minimum absolute atomic E-state index is 0.714. The second kappa shape index (κ2) is 9.83. The molecule has 0 radical (unpaired) electrons. The molecule has 39 heavy (non-hydrogen) atoms. The lowest BCUT2D eigenvalue weighted by Gasteiger charge is -2.15. The maximum Gasteiger partial charge on any atom is 0.160 e. The second-order valence-corrected chi connectivity index (χ2v) is 9.93. The summed E-state index contributed by atoms with van der Waals surface area (Å²) in [6.07, 6.45) is 0. The number of hydrogen-bond donors (Lipinski definition) is 0. The standard InChI is InChI=1S/C36H23ClN2/c37-35-30-17-9-7-15-28(30)34(29-16-8-10-18-31(29)35)26-21-19-25(20-22-26)33-23-32(24-11-3-1-4-12-24)38-36(39-33)27-13-5-2-6-14-27/h1-23H. The first-order valence-electron chi connectivity index (χ1n) is 13.0. The molecular weight excluding hydrogens is 496 g/mol. The molecule has 184 valence electrons. The van der Waals surface area contributed by atoms with Gasteiger partial charge < -0.3 is 0 Å². The molecule has 0 amide bonds. The molecule has 0 N–H and O–H groups in total. The molecule has 6 aromatic carbocycles. The predicted molar refractivity (Wildman–Crippen MR) is 164 cm³/mol. The van der Waals surface area contributed by atoms with Gasteiger partial charge in [0.1, 0.15) is 0 Å². The average Bonchev–Trinajstić information content (AvgIpc) is 3.02. The molecule has 0 unspecified atom stereocenters. The van der Waals surface area contributed by atoms with E-state index in [0.29, 0.717) is 5.82 Å². The summed E-state index contributed by atoms with van der Waals surface area (Å²) in [7, 11) is 0. The minimum atomic E-state index is 0.714. The highest BCUT2D eigenvalue weighted by Gasteiger charge is 2.15. The largest absolute Gasteiger partial charge is 0.228 e. The Morgan fingerprint density at radius 2 is 0.795 bits per heavy atom. The van der Waals surface area contributed by atoms with Crippen LogP contribution >= 0.6 is 11.6 Å². The van der Waals surface area contributed by atoms with Crippen LogP contribution in [0.25, 0.3) is 66.6 Å². The van der Waals surface area contributed by atoms with Crippen molar-refractivity contribution in [1.82, 2.24) is 9.97 Å². The van der Waals surface area contributed by atoms with Crippen molar-refractivity contribution in [3.05, 3.63) is 145 Å². The van der Waals surface area contributed by atoms with E-state index in [-0.39, 0.29) is 0 Å². The quantitative estimate of drug-likeness (QED) is 0.216. The van der Waals surface area contributed by atoms with E-state index in [1.54, 1.807) is 0 Å². The van der Waals surface area contributed by atoms with Crippen LogP contribution in [0.15, 0.2) is 140 Å². The Morgan fingerprint density at radius 1 is 0.385 bits per heavy atom. The predicted octanol–water partition coefficient (Wildman–Crippen LogP) is 10.1. The molecule has 7 aromatic rings. The molecule has 1 heterocycles. The molecule has 3 heteroatoms. The fourth-order valence-corrected chi connectivity index (χ4v) is 5.59. The topological polar surface area (TPSA) is 25.8 Å². The molecular formula is C36H23ClN2. The minimum Gasteiger partial charge on any atom is -0.228 e. The number of nitrogens with zero attached hydrogens (tertiary/aromatic N) is 2. The van der Waals surface area contributed by atoms with Crippen molar-refractivity contribution < 1.29 is 0 Å². The van der Waals surface area contributed by atoms with Gasteiger partial charge in [-0.2, -0.15) is 0 Å². The summed E-state index contributed by atoms with van der Waals surface area (Å²) in [5.41, 5.74) is 7.22. The second-order valence-electron chi connectivity index (χ2n) is 9.55. The van der Waals surface area contributed by atoms with E-state index in [2.05, 4.69) is 78.9 Å². The van der Waals surface area contributed by atoms with E-state index in [1.165, 1.54) is 5.56 Å². The summed E-state index contributed by atoms with van der Waals surface area (Å²) in [6, 6.07) is 47.9. The SMILES string of the molecule is Clc1c2ccccc2c(-c2ccc(-c3cc(-c4ccccc4)nc(-c4ccccc4)n3)cc2)c2ccccc12. The number of benzene rings is 6. The van der Waals surface area contributed by atoms with Gasteiger partial charge in [-0.05, 0) is 28.0 Å². The van der Waals surface area contributed by atoms with E-state index in [9.17, 15) is 0 Å². The van der Waals surface area contributed by atoms with Crippen molar-refractivity contribution in [3.63, 3.8) is 0 Å². The summed E-state index contributed by atoms with van der Waals surface area (Å²) in [5.74, 6) is 0.714. The first-order chi connectivity index (χ1) is 19.3. The van der Waals surface area contributed by atoms with Crippen LogP contribution in [0.1, 0.15) is 0 Å². The van der Waals surface area contributed by atoms with Crippen LogP contribution in [0.4, 0.5) is 0 Å². The molecule has 7 rings (SSSR count). The van der Waals surface area contributed by atoms with Gasteiger partial charge in [-0.3, -0.25) is 0 Å². The van der Waals surface area contributed by atoms with Crippen molar-refractivity contribution in [2.45, 2.75) is 0 Å². The molecule has 0 spiro atoms. The molecule has 0 aliphatic rings. The third kappa shape index (κ3) is 4.25. The maximum absolute atomic E-state index is 6.86. The molecule has 0 aliphatic carbocycles. The molecule has 0 atom stereocenters. The van der Waals surface area contributed by atoms with Crippen LogP contribution in [0, 0.1) is 0 Å². The van der Waals surface area contributed by atoms with Crippen LogP contribution in [0.3, 0.4) is 0 Å². The highest BCUT2D eigenvalue weighted by molar-refractivity contribution is 6.42. The Hall–Kier alpha value is -4.79. The number of halogens is 1. The molecule has 0 saturated heterocycles. The van der Waals surface area contributed by atoms with Crippen LogP contribution in [0.5, 0.6) is 0 Å². The number of hydrogen-bond acceptors (Lipinski definition) is 2. The fraction of sp³-hybridized carbons (Fsp3) is 0. The van der Waals surface area contributed by atoms with Crippen LogP contribution in [0.2, 0.25) is 5.02 Å². The molecule has 1 aromatic heterocycles. The Bertz CT molecular complexity index is 1830. The van der Waals surface area contributed by atoms with E-state index in [0.717, 1.165) is 60.2 Å². The zero-order chi connectivity index (χ0) is 26.2. The molecule has 2 nitrogen and oxygen atoms in total. The smallest absolute Gasteiger partial charge is 0.160 e. The molecule has 0 bridgehead atoms. The van der Waals surface area contributed by atoms with Gasteiger partial charge in [0, 0.05) is 27.5 Å². The Balaban J connectivity index is 1.39. The molecule has 0 saturated carbocycles. The number of fused-ring (bicyclic) bond motifs is 2. The summed E-state index contributed by atoms with van der Waals surface area (Å²) < 4.78 is 0. The zero-order valence-electron chi connectivity index (χ0n) is 21.1. The summed E-state index contributed by atoms with van der Waals surface area (Å²) >= 11 is 6.86. The van der Waals surface area contributed by atoms with Gasteiger partial charge >= 0.3 is 0 Å². The highest BCUT2D eigenvalue weighted by atomic mass is 35.5. The van der Waals surface area contributed by atoms with E-state index < -0.39 is 0 Å². The van der Waals surface area contributed by atoms with Crippen molar-refractivity contribution in [1.29, 1.82) is 0 Å². The summed E-state index contributed by atoms with van der Waals surface area (Å²) in [6.45, 7) is 0. The van der Waals surface area contributed by atoms with E-state index in [1.807, 2.05) is 60.7 Å². The van der Waals surface area contributed by atoms with Gasteiger partial charge in [-0.25, -0.2) is 9.97 Å². The van der Waals surface area contributed by atoms with Crippen molar-refractivity contribution in [2.75, 3.05) is 0 Å². The van der Waals surface area contributed by atoms with Gasteiger partial charge in [0.15, 0.2) is 5.82 Å². The Labute approximate surface area is 232 Å². The van der Waals surface area contributed by atoms with E-state index >= 15 is 0 Å². The summed E-state index contributed by atoms with van der Waals surface area (Å²) in [5, 5.41) is 5.22. The lowest BCUT2D eigenvalue weighted by molar-refractivity contribution is 1.18. The average molecular weight is 519 g/mol. The van der Waals surface area contributed by atoms with Crippen molar-refractivity contribution in [3.8, 4) is 45.0 Å².